The molecule has 1 aliphatic rings. The van der Waals surface area contributed by atoms with Crippen LogP contribution in [0, 0.1) is 11.3 Å². The Kier molecular flexibility index (Phi) is 6.01. The summed E-state index contributed by atoms with van der Waals surface area (Å²) >= 11 is 0. The Bertz CT molecular complexity index is 1160. The Morgan fingerprint density at radius 2 is 1.87 bits per heavy atom. The second kappa shape index (κ2) is 9.02. The lowest BCUT2D eigenvalue weighted by Gasteiger charge is -2.17. The van der Waals surface area contributed by atoms with Gasteiger partial charge in [-0.2, -0.15) is 10.2 Å². The molecule has 0 bridgehead atoms. The van der Waals surface area contributed by atoms with Crippen molar-refractivity contribution in [2.45, 2.75) is 18.9 Å². The molecule has 1 aliphatic heterocycles. The lowest BCUT2D eigenvalue weighted by Crippen LogP contribution is -2.30. The van der Waals surface area contributed by atoms with Gasteiger partial charge in [0.1, 0.15) is 12.4 Å². The average Bonchev–Trinajstić information content (AvgIpc) is 3.34. The third-order valence-corrected chi connectivity index (χ3v) is 5.49. The lowest BCUT2D eigenvalue weighted by atomic mass is 9.99. The number of benzene rings is 2. The summed E-state index contributed by atoms with van der Waals surface area (Å²) in [6.07, 6.45) is 2.16. The molecular formula is C24H24N4O3. The van der Waals surface area contributed by atoms with Crippen LogP contribution in [0.5, 0.6) is 11.8 Å². The van der Waals surface area contributed by atoms with E-state index in [2.05, 4.69) is 11.4 Å². The number of nitrogens with one attached hydrogen (secondary N) is 1. The van der Waals surface area contributed by atoms with Crippen LogP contribution >= 0.6 is 0 Å². The minimum Gasteiger partial charge on any atom is -0.497 e. The van der Waals surface area contributed by atoms with E-state index < -0.39 is 0 Å². The van der Waals surface area contributed by atoms with E-state index in [1.54, 1.807) is 38.4 Å². The molecule has 31 heavy (non-hydrogen) atoms. The van der Waals surface area contributed by atoms with Gasteiger partial charge < -0.3 is 14.8 Å². The SMILES string of the molecule is COc1ccc(-c2c(-c3ccc(C#N)cc3)nc(OCC3CCCN3)n(C)c2=O)cc1. The highest BCUT2D eigenvalue weighted by atomic mass is 16.5. The van der Waals surface area contributed by atoms with E-state index in [0.29, 0.717) is 29.2 Å². The van der Waals surface area contributed by atoms with Crippen molar-refractivity contribution in [1.82, 2.24) is 14.9 Å². The summed E-state index contributed by atoms with van der Waals surface area (Å²) in [5, 5.41) is 12.5. The summed E-state index contributed by atoms with van der Waals surface area (Å²) in [6.45, 7) is 1.43. The van der Waals surface area contributed by atoms with Gasteiger partial charge in [0.05, 0.1) is 30.0 Å². The molecular weight excluding hydrogens is 392 g/mol. The van der Waals surface area contributed by atoms with Gasteiger partial charge in [-0.25, -0.2) is 0 Å². The number of hydrogen-bond acceptors (Lipinski definition) is 6. The van der Waals surface area contributed by atoms with E-state index in [-0.39, 0.29) is 17.6 Å². The maximum absolute atomic E-state index is 13.4. The van der Waals surface area contributed by atoms with Gasteiger partial charge in [0.2, 0.25) is 0 Å². The van der Waals surface area contributed by atoms with Crippen LogP contribution in [0.3, 0.4) is 0 Å². The van der Waals surface area contributed by atoms with Gasteiger partial charge in [-0.05, 0) is 49.2 Å². The predicted molar refractivity (Wildman–Crippen MR) is 118 cm³/mol. The van der Waals surface area contributed by atoms with E-state index in [1.807, 2.05) is 24.3 Å². The third kappa shape index (κ3) is 4.30. The molecule has 4 rings (SSSR count). The summed E-state index contributed by atoms with van der Waals surface area (Å²) in [5.41, 5.74) is 2.81. The van der Waals surface area contributed by atoms with Gasteiger partial charge in [0.15, 0.2) is 0 Å². The maximum atomic E-state index is 13.4. The normalized spacial score (nSPS) is 15.5. The summed E-state index contributed by atoms with van der Waals surface area (Å²) in [6, 6.07) is 17.0. The topological polar surface area (TPSA) is 89.2 Å². The number of nitriles is 1. The van der Waals surface area contributed by atoms with Crippen LogP contribution in [0.25, 0.3) is 22.4 Å². The van der Waals surface area contributed by atoms with Crippen LogP contribution in [0.1, 0.15) is 18.4 Å². The molecule has 158 valence electrons. The minimum atomic E-state index is -0.200. The monoisotopic (exact) mass is 416 g/mol. The molecule has 7 nitrogen and oxygen atoms in total. The van der Waals surface area contributed by atoms with E-state index in [0.717, 1.165) is 30.5 Å². The molecule has 1 fully saturated rings. The number of nitrogens with zero attached hydrogens (tertiary/aromatic N) is 3. The van der Waals surface area contributed by atoms with Crippen molar-refractivity contribution in [1.29, 1.82) is 5.26 Å². The Labute approximate surface area is 180 Å². The van der Waals surface area contributed by atoms with Gasteiger partial charge in [0.25, 0.3) is 11.6 Å². The van der Waals surface area contributed by atoms with Crippen LogP contribution in [0.15, 0.2) is 53.3 Å². The van der Waals surface area contributed by atoms with Crippen LogP contribution in [-0.4, -0.2) is 35.9 Å². The molecule has 3 aromatic rings. The number of rotatable bonds is 6. The smallest absolute Gasteiger partial charge is 0.299 e. The zero-order chi connectivity index (χ0) is 21.8. The average molecular weight is 416 g/mol. The van der Waals surface area contributed by atoms with E-state index >= 15 is 0 Å². The Hall–Kier alpha value is -3.63. The first-order valence-electron chi connectivity index (χ1n) is 10.2. The number of ether oxygens (including phenoxy) is 2. The molecule has 1 atom stereocenters. The second-order valence-electron chi connectivity index (χ2n) is 7.50. The number of hydrogen-bond donors (Lipinski definition) is 1. The summed E-state index contributed by atoms with van der Waals surface area (Å²) in [5.74, 6) is 0.706. The molecule has 2 aromatic carbocycles. The predicted octanol–water partition coefficient (Wildman–Crippen LogP) is 3.13. The first-order valence-corrected chi connectivity index (χ1v) is 10.2. The van der Waals surface area contributed by atoms with Crippen molar-refractivity contribution in [2.24, 2.45) is 7.05 Å². The Balaban J connectivity index is 1.82. The van der Waals surface area contributed by atoms with E-state index in [9.17, 15) is 4.79 Å². The Morgan fingerprint density at radius 3 is 2.48 bits per heavy atom. The summed E-state index contributed by atoms with van der Waals surface area (Å²) < 4.78 is 12.6. The zero-order valence-corrected chi connectivity index (χ0v) is 17.6. The van der Waals surface area contributed by atoms with Crippen molar-refractivity contribution >= 4 is 0 Å². The molecule has 0 saturated carbocycles. The molecule has 1 N–H and O–H groups in total. The molecule has 1 aromatic heterocycles. The van der Waals surface area contributed by atoms with E-state index in [4.69, 9.17) is 19.7 Å². The van der Waals surface area contributed by atoms with Gasteiger partial charge in [-0.15, -0.1) is 0 Å². The van der Waals surface area contributed by atoms with Gasteiger partial charge in [-0.3, -0.25) is 9.36 Å². The van der Waals surface area contributed by atoms with Crippen LogP contribution in [0.4, 0.5) is 0 Å². The third-order valence-electron chi connectivity index (χ3n) is 5.49. The first kappa shape index (κ1) is 20.6. The molecule has 0 aliphatic carbocycles. The first-order chi connectivity index (χ1) is 15.1. The Morgan fingerprint density at radius 1 is 1.16 bits per heavy atom. The molecule has 1 unspecified atom stereocenters. The van der Waals surface area contributed by atoms with Gasteiger partial charge in [0, 0.05) is 18.7 Å². The fourth-order valence-corrected chi connectivity index (χ4v) is 3.72. The van der Waals surface area contributed by atoms with Gasteiger partial charge in [-0.1, -0.05) is 24.3 Å². The fraction of sp³-hybridized carbons (Fsp3) is 0.292. The van der Waals surface area contributed by atoms with E-state index in [1.165, 1.54) is 4.57 Å². The molecule has 0 spiro atoms. The van der Waals surface area contributed by atoms with Crippen LogP contribution < -0.4 is 20.3 Å². The van der Waals surface area contributed by atoms with Crippen molar-refractivity contribution in [3.05, 3.63) is 64.4 Å². The number of methoxy groups -OCH3 is 1. The van der Waals surface area contributed by atoms with Crippen molar-refractivity contribution in [2.75, 3.05) is 20.3 Å². The fourth-order valence-electron chi connectivity index (χ4n) is 3.72. The lowest BCUT2D eigenvalue weighted by molar-refractivity contribution is 0.246. The molecule has 7 heteroatoms. The summed E-state index contributed by atoms with van der Waals surface area (Å²) in [7, 11) is 3.27. The zero-order valence-electron chi connectivity index (χ0n) is 17.6. The van der Waals surface area contributed by atoms with Crippen molar-refractivity contribution < 1.29 is 9.47 Å². The standard InChI is InChI=1S/C24H24N4O3/c1-28-23(29)21(17-9-11-20(30-2)12-10-17)22(18-7-5-16(14-25)6-8-18)27-24(28)31-15-19-4-3-13-26-19/h5-12,19,26H,3-4,13,15H2,1-2H3. The van der Waals surface area contributed by atoms with Crippen molar-refractivity contribution in [3.8, 4) is 40.2 Å². The highest BCUT2D eigenvalue weighted by Gasteiger charge is 2.21. The second-order valence-corrected chi connectivity index (χ2v) is 7.50. The molecule has 0 radical (unpaired) electrons. The number of aromatic nitrogens is 2. The highest BCUT2D eigenvalue weighted by molar-refractivity contribution is 5.80. The molecule has 0 amide bonds. The molecule has 2 heterocycles. The van der Waals surface area contributed by atoms with Gasteiger partial charge >= 0.3 is 0 Å². The van der Waals surface area contributed by atoms with Crippen LogP contribution in [-0.2, 0) is 7.05 Å². The minimum absolute atomic E-state index is 0.200. The van der Waals surface area contributed by atoms with Crippen LogP contribution in [0.2, 0.25) is 0 Å². The quantitative estimate of drug-likeness (QED) is 0.664. The molecule has 1 saturated heterocycles. The summed E-state index contributed by atoms with van der Waals surface area (Å²) in [4.78, 5) is 18.1. The maximum Gasteiger partial charge on any atom is 0.299 e. The largest absolute Gasteiger partial charge is 0.497 e. The van der Waals surface area contributed by atoms with Crippen molar-refractivity contribution in [3.63, 3.8) is 0 Å². The highest BCUT2D eigenvalue weighted by Crippen LogP contribution is 2.30.